The number of hydrogen-bond donors (Lipinski definition) is 5. The number of aliphatic carboxylic acids is 3. The maximum absolute atomic E-state index is 10.9. The summed E-state index contributed by atoms with van der Waals surface area (Å²) in [4.78, 5) is 31.8. The highest BCUT2D eigenvalue weighted by atomic mass is 33.1. The van der Waals surface area contributed by atoms with Crippen LogP contribution in [-0.2, 0) is 14.4 Å². The van der Waals surface area contributed by atoms with Crippen molar-refractivity contribution in [1.82, 2.24) is 0 Å². The molecule has 0 amide bonds. The third kappa shape index (κ3) is 6.10. The van der Waals surface area contributed by atoms with Crippen LogP contribution in [0.25, 0.3) is 0 Å². The lowest BCUT2D eigenvalue weighted by atomic mass is 10.00. The van der Waals surface area contributed by atoms with E-state index in [2.05, 4.69) is 0 Å². The van der Waals surface area contributed by atoms with Gasteiger partial charge >= 0.3 is 17.9 Å². The average molecular weight is 298 g/mol. The van der Waals surface area contributed by atoms with Gasteiger partial charge in [0.15, 0.2) is 0 Å². The van der Waals surface area contributed by atoms with Crippen LogP contribution in [0, 0.1) is 0 Å². The van der Waals surface area contributed by atoms with E-state index in [-0.39, 0.29) is 11.5 Å². The first-order valence-corrected chi connectivity index (χ1v) is 7.14. The second kappa shape index (κ2) is 7.46. The van der Waals surface area contributed by atoms with Crippen molar-refractivity contribution in [3.8, 4) is 0 Å². The van der Waals surface area contributed by atoms with Gasteiger partial charge in [0, 0.05) is 11.5 Å². The number of carboxylic acid groups (broad SMARTS) is 3. The van der Waals surface area contributed by atoms with Gasteiger partial charge in [-0.25, -0.2) is 0 Å². The minimum Gasteiger partial charge on any atom is -0.481 e. The predicted octanol–water partition coefficient (Wildman–Crippen LogP) is -0.963. The van der Waals surface area contributed by atoms with Crippen molar-refractivity contribution < 1.29 is 29.7 Å². The van der Waals surface area contributed by atoms with E-state index in [0.29, 0.717) is 0 Å². The Bertz CT molecular complexity index is 340. The van der Waals surface area contributed by atoms with Gasteiger partial charge in [0.1, 0.15) is 11.6 Å². The third-order valence-electron chi connectivity index (χ3n) is 1.86. The van der Waals surface area contributed by atoms with Crippen molar-refractivity contribution in [2.24, 2.45) is 11.5 Å². The van der Waals surface area contributed by atoms with Crippen molar-refractivity contribution in [2.75, 3.05) is 11.5 Å². The van der Waals surface area contributed by atoms with Crippen LogP contribution in [0.2, 0.25) is 0 Å². The Kier molecular flexibility index (Phi) is 7.06. The van der Waals surface area contributed by atoms with E-state index in [1.165, 1.54) is 0 Å². The van der Waals surface area contributed by atoms with E-state index in [0.717, 1.165) is 21.6 Å². The molecule has 0 bridgehead atoms. The Morgan fingerprint density at radius 1 is 1.17 bits per heavy atom. The number of hydrogen-bond acceptors (Lipinski definition) is 7. The first kappa shape index (κ1) is 17.0. The SMILES string of the molecule is NC(CSSCC(N)(CC(=O)O)C(=O)O)C(=O)O. The molecule has 2 atom stereocenters. The number of rotatable bonds is 9. The molecule has 10 heteroatoms. The smallest absolute Gasteiger partial charge is 0.325 e. The molecule has 0 saturated carbocycles. The summed E-state index contributed by atoms with van der Waals surface area (Å²) in [5.41, 5.74) is 8.81. The molecule has 0 aliphatic heterocycles. The van der Waals surface area contributed by atoms with Gasteiger partial charge in [-0.3, -0.25) is 14.4 Å². The fourth-order valence-corrected chi connectivity index (χ4v) is 3.31. The van der Waals surface area contributed by atoms with Crippen LogP contribution in [0.15, 0.2) is 0 Å². The van der Waals surface area contributed by atoms with Crippen LogP contribution in [0.5, 0.6) is 0 Å². The van der Waals surface area contributed by atoms with Crippen molar-refractivity contribution in [1.29, 1.82) is 0 Å². The van der Waals surface area contributed by atoms with Crippen molar-refractivity contribution in [3.63, 3.8) is 0 Å². The van der Waals surface area contributed by atoms with Crippen molar-refractivity contribution >= 4 is 39.5 Å². The van der Waals surface area contributed by atoms with E-state index in [1.807, 2.05) is 0 Å². The summed E-state index contributed by atoms with van der Waals surface area (Å²) in [5, 5.41) is 25.9. The highest BCUT2D eigenvalue weighted by molar-refractivity contribution is 8.76. The number of carboxylic acids is 3. The monoisotopic (exact) mass is 298 g/mol. The zero-order valence-electron chi connectivity index (χ0n) is 9.24. The summed E-state index contributed by atoms with van der Waals surface area (Å²) >= 11 is 0. The average Bonchev–Trinajstić information content (AvgIpc) is 2.22. The standard InChI is InChI=1S/C8H14N2O6S2/c9-4(6(13)14)2-17-18-3-8(10,7(15)16)1-5(11)12/h4H,1-3,9-10H2,(H,11,12)(H,13,14)(H,15,16). The van der Waals surface area contributed by atoms with Crippen LogP contribution in [0.1, 0.15) is 6.42 Å². The summed E-state index contributed by atoms with van der Waals surface area (Å²) in [5.74, 6) is -3.98. The Labute approximate surface area is 110 Å². The van der Waals surface area contributed by atoms with Gasteiger partial charge in [0.2, 0.25) is 0 Å². The molecule has 7 N–H and O–H groups in total. The molecule has 0 radical (unpaired) electrons. The molecule has 0 aromatic rings. The van der Waals surface area contributed by atoms with Gasteiger partial charge in [-0.2, -0.15) is 0 Å². The largest absolute Gasteiger partial charge is 0.481 e. The van der Waals surface area contributed by atoms with Crippen molar-refractivity contribution in [3.05, 3.63) is 0 Å². The molecule has 0 rings (SSSR count). The van der Waals surface area contributed by atoms with E-state index in [1.54, 1.807) is 0 Å². The molecule has 0 fully saturated rings. The molecular weight excluding hydrogens is 284 g/mol. The molecule has 0 spiro atoms. The first-order chi connectivity index (χ1) is 8.19. The van der Waals surface area contributed by atoms with Gasteiger partial charge in [-0.05, 0) is 0 Å². The topological polar surface area (TPSA) is 164 Å². The fraction of sp³-hybridized carbons (Fsp3) is 0.625. The maximum Gasteiger partial charge on any atom is 0.325 e. The molecule has 104 valence electrons. The summed E-state index contributed by atoms with van der Waals surface area (Å²) in [6.07, 6.45) is -0.707. The molecule has 0 saturated heterocycles. The van der Waals surface area contributed by atoms with Crippen LogP contribution >= 0.6 is 21.6 Å². The fourth-order valence-electron chi connectivity index (χ4n) is 0.798. The number of nitrogens with two attached hydrogens (primary N) is 2. The molecule has 2 unspecified atom stereocenters. The van der Waals surface area contributed by atoms with Gasteiger partial charge in [-0.1, -0.05) is 21.6 Å². The first-order valence-electron chi connectivity index (χ1n) is 4.66. The quantitative estimate of drug-likeness (QED) is 0.264. The molecule has 0 aromatic heterocycles. The molecule has 18 heavy (non-hydrogen) atoms. The third-order valence-corrected chi connectivity index (χ3v) is 4.41. The van der Waals surface area contributed by atoms with E-state index >= 15 is 0 Å². The molecule has 8 nitrogen and oxygen atoms in total. The van der Waals surface area contributed by atoms with E-state index < -0.39 is 35.9 Å². The molecule has 0 aliphatic rings. The summed E-state index contributed by atoms with van der Waals surface area (Å²) in [6.45, 7) is 0. The van der Waals surface area contributed by atoms with Crippen LogP contribution < -0.4 is 11.5 Å². The van der Waals surface area contributed by atoms with Gasteiger partial charge in [-0.15, -0.1) is 0 Å². The minimum atomic E-state index is -1.88. The zero-order valence-corrected chi connectivity index (χ0v) is 10.9. The Balaban J connectivity index is 4.18. The van der Waals surface area contributed by atoms with Crippen LogP contribution in [-0.4, -0.2) is 56.3 Å². The lowest BCUT2D eigenvalue weighted by molar-refractivity contribution is -0.148. The van der Waals surface area contributed by atoms with Gasteiger partial charge < -0.3 is 26.8 Å². The zero-order chi connectivity index (χ0) is 14.3. The lowest BCUT2D eigenvalue weighted by Gasteiger charge is -2.21. The highest BCUT2D eigenvalue weighted by Gasteiger charge is 2.36. The van der Waals surface area contributed by atoms with Gasteiger partial charge in [0.25, 0.3) is 0 Å². The van der Waals surface area contributed by atoms with Crippen molar-refractivity contribution in [2.45, 2.75) is 18.0 Å². The maximum atomic E-state index is 10.9. The highest BCUT2D eigenvalue weighted by Crippen LogP contribution is 2.27. The molecule has 0 heterocycles. The number of carbonyl (C=O) groups is 3. The molecule has 0 aromatic carbocycles. The molecular formula is C8H14N2O6S2. The Morgan fingerprint density at radius 3 is 2.11 bits per heavy atom. The lowest BCUT2D eigenvalue weighted by Crippen LogP contribution is -2.51. The van der Waals surface area contributed by atoms with E-state index in [4.69, 9.17) is 26.8 Å². The van der Waals surface area contributed by atoms with Crippen LogP contribution in [0.3, 0.4) is 0 Å². The second-order valence-electron chi connectivity index (χ2n) is 3.52. The Hall–Kier alpha value is -0.970. The second-order valence-corrected chi connectivity index (χ2v) is 6.03. The predicted molar refractivity (Wildman–Crippen MR) is 67.3 cm³/mol. The Morgan fingerprint density at radius 2 is 1.72 bits per heavy atom. The normalized spacial score (nSPS) is 15.7. The summed E-state index contributed by atoms with van der Waals surface area (Å²) < 4.78 is 0. The summed E-state index contributed by atoms with van der Waals surface area (Å²) in [7, 11) is 2.02. The summed E-state index contributed by atoms with van der Waals surface area (Å²) in [6, 6.07) is -1.06. The molecule has 0 aliphatic carbocycles. The van der Waals surface area contributed by atoms with E-state index in [9.17, 15) is 14.4 Å². The minimum absolute atomic E-state index is 0.0722. The van der Waals surface area contributed by atoms with Crippen LogP contribution in [0.4, 0.5) is 0 Å². The van der Waals surface area contributed by atoms with Gasteiger partial charge in [0.05, 0.1) is 6.42 Å².